The van der Waals surface area contributed by atoms with E-state index in [1.54, 1.807) is 29.7 Å². The number of nitrogens with zero attached hydrogens (tertiary/aromatic N) is 2. The molecule has 2 aromatic rings. The maximum absolute atomic E-state index is 11.8. The van der Waals surface area contributed by atoms with Crippen molar-refractivity contribution in [2.75, 3.05) is 0 Å². The van der Waals surface area contributed by atoms with Crippen LogP contribution in [-0.2, 0) is 4.79 Å². The van der Waals surface area contributed by atoms with E-state index in [1.165, 1.54) is 11.3 Å². The summed E-state index contributed by atoms with van der Waals surface area (Å²) in [6.07, 6.45) is 1.64. The SMILES string of the molecule is O=C1N=c2ccccc2=CC1=C=NNC(=O)c1cccs1. The molecule has 1 aromatic carbocycles. The normalized spacial score (nSPS) is 12.6. The molecule has 0 unspecified atom stereocenters. The molecular formula is C15H9N3O2S. The molecule has 21 heavy (non-hydrogen) atoms. The molecule has 1 aliphatic rings. The Morgan fingerprint density at radius 2 is 2.10 bits per heavy atom. The highest BCUT2D eigenvalue weighted by Gasteiger charge is 2.10. The standard InChI is InChI=1S/C15H9N3O2S/c19-14-11(8-10-4-1-2-5-12(10)17-14)9-16-18-15(20)13-6-3-7-21-13/h1-8H,(H,18,20). The quantitative estimate of drug-likeness (QED) is 0.501. The minimum Gasteiger partial charge on any atom is -0.266 e. The molecule has 0 bridgehead atoms. The van der Waals surface area contributed by atoms with E-state index < -0.39 is 5.91 Å². The highest BCUT2D eigenvalue weighted by molar-refractivity contribution is 7.12. The number of hydrogen-bond donors (Lipinski definition) is 1. The van der Waals surface area contributed by atoms with Gasteiger partial charge in [0.1, 0.15) is 5.57 Å². The van der Waals surface area contributed by atoms with Crippen LogP contribution in [-0.4, -0.2) is 17.7 Å². The first kappa shape index (κ1) is 13.2. The number of hydrogen-bond acceptors (Lipinski definition) is 4. The van der Waals surface area contributed by atoms with Gasteiger partial charge in [-0.25, -0.2) is 10.4 Å². The van der Waals surface area contributed by atoms with Crippen LogP contribution in [0.2, 0.25) is 0 Å². The van der Waals surface area contributed by atoms with Crippen molar-refractivity contribution in [3.8, 4) is 0 Å². The number of amides is 2. The van der Waals surface area contributed by atoms with Crippen molar-refractivity contribution in [3.05, 3.63) is 62.8 Å². The minimum atomic E-state index is -0.428. The van der Waals surface area contributed by atoms with Gasteiger partial charge in [-0.15, -0.1) is 16.4 Å². The second kappa shape index (κ2) is 5.66. The van der Waals surface area contributed by atoms with Crippen LogP contribution < -0.4 is 16.0 Å². The van der Waals surface area contributed by atoms with Gasteiger partial charge in [0.2, 0.25) is 0 Å². The Hall–Kier alpha value is -2.82. The summed E-state index contributed by atoms with van der Waals surface area (Å²) in [7, 11) is 0. The zero-order valence-corrected chi connectivity index (χ0v) is 11.6. The third kappa shape index (κ3) is 2.86. The van der Waals surface area contributed by atoms with Crippen molar-refractivity contribution in [1.82, 2.24) is 5.43 Å². The molecular weight excluding hydrogens is 286 g/mol. The number of carbonyl (C=O) groups excluding carboxylic acids is 2. The molecule has 0 saturated carbocycles. The number of benzene rings is 1. The van der Waals surface area contributed by atoms with Crippen molar-refractivity contribution in [2.45, 2.75) is 0 Å². The summed E-state index contributed by atoms with van der Waals surface area (Å²) in [5, 5.41) is 6.92. The van der Waals surface area contributed by atoms with Crippen LogP contribution in [0.5, 0.6) is 0 Å². The van der Waals surface area contributed by atoms with Crippen LogP contribution in [0.4, 0.5) is 0 Å². The van der Waals surface area contributed by atoms with Crippen LogP contribution in [0.15, 0.2) is 57.4 Å². The minimum absolute atomic E-state index is 0.208. The fourth-order valence-electron chi connectivity index (χ4n) is 1.78. The zero-order valence-electron chi connectivity index (χ0n) is 10.7. The van der Waals surface area contributed by atoms with E-state index in [0.29, 0.717) is 10.2 Å². The summed E-state index contributed by atoms with van der Waals surface area (Å²) >= 11 is 1.31. The predicted octanol–water partition coefficient (Wildman–Crippen LogP) is 0.629. The van der Waals surface area contributed by atoms with Gasteiger partial charge in [-0.2, -0.15) is 0 Å². The van der Waals surface area contributed by atoms with E-state index in [1.807, 2.05) is 18.2 Å². The first-order valence-electron chi connectivity index (χ1n) is 6.10. The van der Waals surface area contributed by atoms with Crippen LogP contribution in [0, 0.1) is 0 Å². The molecule has 6 heteroatoms. The van der Waals surface area contributed by atoms with Crippen LogP contribution >= 0.6 is 11.3 Å². The van der Waals surface area contributed by atoms with E-state index >= 15 is 0 Å². The Balaban J connectivity index is 1.87. The molecule has 1 aliphatic heterocycles. The maximum Gasteiger partial charge on any atom is 0.287 e. The zero-order chi connectivity index (χ0) is 14.7. The van der Waals surface area contributed by atoms with Gasteiger partial charge in [-0.1, -0.05) is 24.3 Å². The van der Waals surface area contributed by atoms with E-state index in [9.17, 15) is 9.59 Å². The first-order chi connectivity index (χ1) is 10.2. The average molecular weight is 295 g/mol. The summed E-state index contributed by atoms with van der Waals surface area (Å²) in [5.41, 5.74) is 2.54. The summed E-state index contributed by atoms with van der Waals surface area (Å²) in [6.45, 7) is 0. The maximum atomic E-state index is 11.8. The van der Waals surface area contributed by atoms with Crippen molar-refractivity contribution in [1.29, 1.82) is 0 Å². The van der Waals surface area contributed by atoms with Gasteiger partial charge < -0.3 is 0 Å². The fraction of sp³-hybridized carbons (Fsp3) is 0. The third-order valence-corrected chi connectivity index (χ3v) is 3.64. The lowest BCUT2D eigenvalue weighted by molar-refractivity contribution is -0.114. The smallest absolute Gasteiger partial charge is 0.266 e. The van der Waals surface area contributed by atoms with Gasteiger partial charge in [0.05, 0.1) is 10.2 Å². The van der Waals surface area contributed by atoms with Crippen molar-refractivity contribution < 1.29 is 9.59 Å². The first-order valence-corrected chi connectivity index (χ1v) is 6.98. The van der Waals surface area contributed by atoms with E-state index in [0.717, 1.165) is 5.22 Å². The second-order valence-electron chi connectivity index (χ2n) is 4.18. The van der Waals surface area contributed by atoms with Gasteiger partial charge in [0.25, 0.3) is 11.8 Å². The highest BCUT2D eigenvalue weighted by Crippen LogP contribution is 2.07. The lowest BCUT2D eigenvalue weighted by Crippen LogP contribution is -2.30. The molecule has 0 fully saturated rings. The molecule has 0 spiro atoms. The number of para-hydroxylation sites is 1. The average Bonchev–Trinajstić information content (AvgIpc) is 3.02. The van der Waals surface area contributed by atoms with Gasteiger partial charge in [-0.05, 0) is 23.6 Å². The Labute approximate surface area is 123 Å². The second-order valence-corrected chi connectivity index (χ2v) is 5.12. The van der Waals surface area contributed by atoms with Crippen molar-refractivity contribution >= 4 is 35.1 Å². The van der Waals surface area contributed by atoms with Gasteiger partial charge >= 0.3 is 0 Å². The third-order valence-electron chi connectivity index (χ3n) is 2.77. The molecule has 5 nitrogen and oxygen atoms in total. The molecule has 0 aliphatic carbocycles. The van der Waals surface area contributed by atoms with Gasteiger partial charge in [0, 0.05) is 11.1 Å². The Bertz CT molecular complexity index is 891. The molecule has 3 rings (SSSR count). The molecule has 0 atom stereocenters. The lowest BCUT2D eigenvalue weighted by atomic mass is 10.1. The summed E-state index contributed by atoms with van der Waals surface area (Å²) in [4.78, 5) is 27.9. The van der Waals surface area contributed by atoms with Crippen LogP contribution in [0.3, 0.4) is 0 Å². The Morgan fingerprint density at radius 1 is 1.24 bits per heavy atom. The fourth-order valence-corrected chi connectivity index (χ4v) is 2.39. The molecule has 0 radical (unpaired) electrons. The largest absolute Gasteiger partial charge is 0.287 e. The topological polar surface area (TPSA) is 70.9 Å². The Kier molecular flexibility index (Phi) is 3.55. The number of fused-ring (bicyclic) bond motifs is 1. The molecule has 1 aromatic heterocycles. The van der Waals surface area contributed by atoms with Crippen LogP contribution in [0.1, 0.15) is 9.67 Å². The van der Waals surface area contributed by atoms with Crippen molar-refractivity contribution in [2.24, 2.45) is 10.1 Å². The summed E-state index contributed by atoms with van der Waals surface area (Å²) < 4.78 is 0. The van der Waals surface area contributed by atoms with E-state index in [-0.39, 0.29) is 11.5 Å². The Morgan fingerprint density at radius 3 is 2.90 bits per heavy atom. The molecule has 1 N–H and O–H groups in total. The number of nitrogens with one attached hydrogen (secondary N) is 1. The van der Waals surface area contributed by atoms with E-state index in [2.05, 4.69) is 21.4 Å². The summed E-state index contributed by atoms with van der Waals surface area (Å²) in [5.74, 6) is 1.76. The monoisotopic (exact) mass is 295 g/mol. The summed E-state index contributed by atoms with van der Waals surface area (Å²) in [6, 6.07) is 10.7. The number of thiophene rings is 1. The molecule has 102 valence electrons. The van der Waals surface area contributed by atoms with Crippen LogP contribution in [0.25, 0.3) is 6.08 Å². The van der Waals surface area contributed by atoms with Crippen molar-refractivity contribution in [3.63, 3.8) is 0 Å². The predicted molar refractivity (Wildman–Crippen MR) is 79.4 cm³/mol. The van der Waals surface area contributed by atoms with E-state index in [4.69, 9.17) is 0 Å². The van der Waals surface area contributed by atoms with Gasteiger partial charge in [0.15, 0.2) is 0 Å². The molecule has 2 heterocycles. The highest BCUT2D eigenvalue weighted by atomic mass is 32.1. The van der Waals surface area contributed by atoms with Gasteiger partial charge in [-0.3, -0.25) is 9.59 Å². The lowest BCUT2D eigenvalue weighted by Gasteiger charge is -1.99. The number of rotatable bonds is 2. The number of hydrazone groups is 1. The number of carbonyl (C=O) groups is 2. The molecule has 2 amide bonds. The molecule has 0 saturated heterocycles.